The summed E-state index contributed by atoms with van der Waals surface area (Å²) in [5.74, 6) is 1.51. The molecule has 0 aromatic heterocycles. The van der Waals surface area contributed by atoms with Crippen molar-refractivity contribution in [3.63, 3.8) is 0 Å². The summed E-state index contributed by atoms with van der Waals surface area (Å²) in [5, 5.41) is 0. The Balaban J connectivity index is 1.24. The average Bonchev–Trinajstić information content (AvgIpc) is 2.99. The fourth-order valence-electron chi connectivity index (χ4n) is 7.56. The number of nitrogens with zero attached hydrogens (tertiary/aromatic N) is 4. The van der Waals surface area contributed by atoms with Gasteiger partial charge in [-0.1, -0.05) is 42.5 Å². The first-order valence-electron chi connectivity index (χ1n) is 16.4. The third-order valence-corrected chi connectivity index (χ3v) is 9.99. The summed E-state index contributed by atoms with van der Waals surface area (Å²) < 4.78 is 11.0. The largest absolute Gasteiger partial charge is 0.497 e. The van der Waals surface area contributed by atoms with Crippen LogP contribution in [0.1, 0.15) is 77.5 Å². The van der Waals surface area contributed by atoms with Gasteiger partial charge < -0.3 is 14.4 Å². The van der Waals surface area contributed by atoms with E-state index >= 15 is 0 Å². The zero-order chi connectivity index (χ0) is 30.6. The van der Waals surface area contributed by atoms with E-state index in [0.717, 1.165) is 70.9 Å². The number of methoxy groups -OCH3 is 1. The molecular weight excluding hydrogens is 536 g/mol. The van der Waals surface area contributed by atoms with E-state index in [9.17, 15) is 4.79 Å². The summed E-state index contributed by atoms with van der Waals surface area (Å²) >= 11 is 0. The van der Waals surface area contributed by atoms with Crippen molar-refractivity contribution >= 4 is 6.09 Å². The normalized spacial score (nSPS) is 24.8. The molecule has 0 radical (unpaired) electrons. The fourth-order valence-corrected chi connectivity index (χ4v) is 7.56. The fraction of sp³-hybridized carbons (Fsp3) is 0.639. The standard InChI is InChI=1S/C36H54N4O3/c1-28-25-39(36(5)18-21-38(22-19-36)34(41)43-35(2,3)4)23-24-40(28)33(30-11-8-7-9-12-30)31-13-10-20-37(27-31)26-29-14-16-32(42-6)17-15-29/h7-9,11-12,14-17,28,31,33H,10,13,18-27H2,1-6H3/t28-,31?,33?/m0/s1. The first kappa shape index (κ1) is 31.8. The summed E-state index contributed by atoms with van der Waals surface area (Å²) in [7, 11) is 1.73. The van der Waals surface area contributed by atoms with Gasteiger partial charge in [-0.25, -0.2) is 4.79 Å². The Labute approximate surface area is 260 Å². The lowest BCUT2D eigenvalue weighted by Gasteiger charge is -2.54. The van der Waals surface area contributed by atoms with Crippen molar-refractivity contribution in [2.24, 2.45) is 5.92 Å². The minimum atomic E-state index is -0.454. The number of carbonyl (C=O) groups is 1. The smallest absolute Gasteiger partial charge is 0.410 e. The zero-order valence-corrected chi connectivity index (χ0v) is 27.4. The number of piperazine rings is 1. The lowest BCUT2D eigenvalue weighted by Crippen LogP contribution is -2.63. The van der Waals surface area contributed by atoms with Crippen LogP contribution in [0.15, 0.2) is 54.6 Å². The molecule has 3 atom stereocenters. The summed E-state index contributed by atoms with van der Waals surface area (Å²) in [6, 6.07) is 20.7. The number of amides is 1. The molecule has 7 heteroatoms. The number of hydrogen-bond acceptors (Lipinski definition) is 6. The Bertz CT molecular complexity index is 1170. The molecule has 0 spiro atoms. The lowest BCUT2D eigenvalue weighted by atomic mass is 9.83. The number of piperidine rings is 2. The van der Waals surface area contributed by atoms with Crippen LogP contribution in [0.3, 0.4) is 0 Å². The van der Waals surface area contributed by atoms with E-state index in [2.05, 4.69) is 83.1 Å². The van der Waals surface area contributed by atoms with Crippen LogP contribution >= 0.6 is 0 Å². The van der Waals surface area contributed by atoms with Crippen LogP contribution < -0.4 is 4.74 Å². The number of ether oxygens (including phenoxy) is 2. The van der Waals surface area contributed by atoms with Crippen molar-refractivity contribution < 1.29 is 14.3 Å². The van der Waals surface area contributed by atoms with Gasteiger partial charge in [-0.05, 0) is 96.0 Å². The highest BCUT2D eigenvalue weighted by Gasteiger charge is 2.43. The van der Waals surface area contributed by atoms with Crippen LogP contribution in [0.4, 0.5) is 4.79 Å². The van der Waals surface area contributed by atoms with Crippen LogP contribution in [0, 0.1) is 5.92 Å². The van der Waals surface area contributed by atoms with Crippen LogP contribution in [0.5, 0.6) is 5.75 Å². The van der Waals surface area contributed by atoms with E-state index in [-0.39, 0.29) is 11.6 Å². The molecule has 0 bridgehead atoms. The number of carbonyl (C=O) groups excluding carboxylic acids is 1. The predicted molar refractivity (Wildman–Crippen MR) is 173 cm³/mol. The lowest BCUT2D eigenvalue weighted by molar-refractivity contribution is -0.0497. The molecule has 0 N–H and O–H groups in total. The SMILES string of the molecule is COc1ccc(CN2CCCC(C(c3ccccc3)N3CCN(C4(C)CCN(C(=O)OC(C)(C)C)CC4)C[C@@H]3C)C2)cc1. The second kappa shape index (κ2) is 13.6. The molecule has 3 aliphatic rings. The van der Waals surface area contributed by atoms with E-state index in [1.807, 2.05) is 25.7 Å². The highest BCUT2D eigenvalue weighted by Crippen LogP contribution is 2.39. The van der Waals surface area contributed by atoms with Gasteiger partial charge in [0.05, 0.1) is 7.11 Å². The van der Waals surface area contributed by atoms with Crippen molar-refractivity contribution in [3.05, 3.63) is 65.7 Å². The molecule has 2 aromatic rings. The van der Waals surface area contributed by atoms with Gasteiger partial charge in [0.25, 0.3) is 0 Å². The van der Waals surface area contributed by atoms with Gasteiger partial charge in [0, 0.05) is 63.4 Å². The van der Waals surface area contributed by atoms with Gasteiger partial charge >= 0.3 is 6.09 Å². The molecule has 3 fully saturated rings. The quantitative estimate of drug-likeness (QED) is 0.370. The minimum Gasteiger partial charge on any atom is -0.497 e. The third kappa shape index (κ3) is 7.92. The molecule has 2 unspecified atom stereocenters. The molecule has 1 amide bonds. The second-order valence-corrected chi connectivity index (χ2v) is 14.3. The monoisotopic (exact) mass is 590 g/mol. The molecule has 7 nitrogen and oxygen atoms in total. The Kier molecular flexibility index (Phi) is 10.0. The maximum absolute atomic E-state index is 12.7. The van der Waals surface area contributed by atoms with Gasteiger partial charge in [0.15, 0.2) is 0 Å². The number of rotatable bonds is 7. The number of likely N-dealkylation sites (tertiary alicyclic amines) is 2. The van der Waals surface area contributed by atoms with Gasteiger partial charge in [-0.3, -0.25) is 14.7 Å². The van der Waals surface area contributed by atoms with Crippen molar-refractivity contribution in [2.75, 3.05) is 52.9 Å². The van der Waals surface area contributed by atoms with Crippen molar-refractivity contribution in [1.29, 1.82) is 0 Å². The highest BCUT2D eigenvalue weighted by atomic mass is 16.6. The molecule has 3 heterocycles. The zero-order valence-electron chi connectivity index (χ0n) is 27.4. The summed E-state index contributed by atoms with van der Waals surface area (Å²) in [5.41, 5.74) is 2.46. The van der Waals surface area contributed by atoms with Crippen molar-refractivity contribution in [3.8, 4) is 5.75 Å². The average molecular weight is 591 g/mol. The van der Waals surface area contributed by atoms with Crippen LogP contribution in [0.25, 0.3) is 0 Å². The molecule has 2 aromatic carbocycles. The van der Waals surface area contributed by atoms with Crippen LogP contribution in [0.2, 0.25) is 0 Å². The van der Waals surface area contributed by atoms with E-state index in [1.165, 1.54) is 24.0 Å². The molecule has 3 aliphatic heterocycles. The van der Waals surface area contributed by atoms with Crippen molar-refractivity contribution in [1.82, 2.24) is 19.6 Å². The van der Waals surface area contributed by atoms with Gasteiger partial charge in [0.1, 0.15) is 11.4 Å². The first-order chi connectivity index (χ1) is 20.5. The van der Waals surface area contributed by atoms with E-state index in [0.29, 0.717) is 18.0 Å². The van der Waals surface area contributed by atoms with Crippen molar-refractivity contribution in [2.45, 2.75) is 90.1 Å². The third-order valence-electron chi connectivity index (χ3n) is 9.99. The van der Waals surface area contributed by atoms with Gasteiger partial charge in [-0.15, -0.1) is 0 Å². The van der Waals surface area contributed by atoms with E-state index in [1.54, 1.807) is 7.11 Å². The maximum Gasteiger partial charge on any atom is 0.410 e. The predicted octanol–water partition coefficient (Wildman–Crippen LogP) is 6.44. The van der Waals surface area contributed by atoms with Crippen LogP contribution in [-0.4, -0.2) is 95.8 Å². The summed E-state index contributed by atoms with van der Waals surface area (Å²) in [6.07, 6.45) is 4.31. The Morgan fingerprint density at radius 2 is 1.65 bits per heavy atom. The number of benzene rings is 2. The minimum absolute atomic E-state index is 0.112. The van der Waals surface area contributed by atoms with Gasteiger partial charge in [-0.2, -0.15) is 0 Å². The number of hydrogen-bond donors (Lipinski definition) is 0. The topological polar surface area (TPSA) is 48.5 Å². The first-order valence-corrected chi connectivity index (χ1v) is 16.4. The van der Waals surface area contributed by atoms with E-state index < -0.39 is 5.60 Å². The Hall–Kier alpha value is -2.61. The van der Waals surface area contributed by atoms with E-state index in [4.69, 9.17) is 9.47 Å². The molecule has 43 heavy (non-hydrogen) atoms. The summed E-state index contributed by atoms with van der Waals surface area (Å²) in [6.45, 7) is 18.7. The molecule has 3 saturated heterocycles. The molecule has 5 rings (SSSR count). The molecule has 0 aliphatic carbocycles. The van der Waals surface area contributed by atoms with Gasteiger partial charge in [0.2, 0.25) is 0 Å². The van der Waals surface area contributed by atoms with Crippen LogP contribution in [-0.2, 0) is 11.3 Å². The summed E-state index contributed by atoms with van der Waals surface area (Å²) in [4.78, 5) is 22.8. The Morgan fingerprint density at radius 3 is 2.28 bits per heavy atom. The Morgan fingerprint density at radius 1 is 0.953 bits per heavy atom. The highest BCUT2D eigenvalue weighted by molar-refractivity contribution is 5.68. The molecular formula is C36H54N4O3. The molecule has 0 saturated carbocycles. The maximum atomic E-state index is 12.7. The molecule has 236 valence electrons. The second-order valence-electron chi connectivity index (χ2n) is 14.3.